The van der Waals surface area contributed by atoms with Crippen molar-refractivity contribution in [1.82, 2.24) is 19.7 Å². The van der Waals surface area contributed by atoms with E-state index in [-0.39, 0.29) is 5.54 Å². The zero-order valence-electron chi connectivity index (χ0n) is 13.6. The van der Waals surface area contributed by atoms with Crippen molar-refractivity contribution in [3.8, 4) is 5.75 Å². The first-order valence-corrected chi connectivity index (χ1v) is 8.11. The molecule has 5 nitrogen and oxygen atoms in total. The molecule has 1 aromatic carbocycles. The van der Waals surface area contributed by atoms with Gasteiger partial charge in [-0.3, -0.25) is 5.10 Å². The van der Waals surface area contributed by atoms with Gasteiger partial charge in [0.25, 0.3) is 0 Å². The second-order valence-corrected chi connectivity index (χ2v) is 6.82. The molecule has 1 N–H and O–H groups in total. The lowest BCUT2D eigenvalue weighted by atomic mass is 9.92. The van der Waals surface area contributed by atoms with E-state index >= 15 is 0 Å². The Labute approximate surface area is 139 Å². The first kappa shape index (κ1) is 14.4. The van der Waals surface area contributed by atoms with E-state index in [1.165, 1.54) is 5.57 Å². The molecule has 0 unspecified atom stereocenters. The van der Waals surface area contributed by atoms with Crippen molar-refractivity contribution in [3.05, 3.63) is 28.5 Å². The van der Waals surface area contributed by atoms with Crippen LogP contribution in [0.3, 0.4) is 0 Å². The number of hydrogen-bond donors (Lipinski definition) is 1. The summed E-state index contributed by atoms with van der Waals surface area (Å²) in [7, 11) is 0. The Kier molecular flexibility index (Phi) is 2.90. The summed E-state index contributed by atoms with van der Waals surface area (Å²) in [5.74, 6) is 0.853. The highest BCUT2D eigenvalue weighted by Crippen LogP contribution is 2.43. The third-order valence-corrected chi connectivity index (χ3v) is 4.52. The molecule has 0 aliphatic carbocycles. The number of benzene rings is 1. The van der Waals surface area contributed by atoms with Crippen LogP contribution in [0.1, 0.15) is 33.3 Å². The molecule has 3 aromatic rings. The minimum Gasteiger partial charge on any atom is -0.494 e. The van der Waals surface area contributed by atoms with Gasteiger partial charge < -0.3 is 9.30 Å². The highest BCUT2D eigenvalue weighted by Gasteiger charge is 2.31. The molecule has 118 valence electrons. The fraction of sp³-hybridized carbons (Fsp3) is 0.353. The van der Waals surface area contributed by atoms with Crippen LogP contribution >= 0.6 is 12.2 Å². The highest BCUT2D eigenvalue weighted by molar-refractivity contribution is 7.71. The molecule has 4 rings (SSSR count). The van der Waals surface area contributed by atoms with Gasteiger partial charge in [0.05, 0.1) is 17.7 Å². The first-order chi connectivity index (χ1) is 10.9. The molecular formula is C17H18N4OS. The van der Waals surface area contributed by atoms with Gasteiger partial charge in [-0.25, -0.2) is 0 Å². The number of ether oxygens (including phenoxy) is 1. The lowest BCUT2D eigenvalue weighted by Crippen LogP contribution is -2.27. The van der Waals surface area contributed by atoms with Gasteiger partial charge in [0.1, 0.15) is 11.3 Å². The van der Waals surface area contributed by atoms with Crippen LogP contribution in [0, 0.1) is 4.77 Å². The maximum Gasteiger partial charge on any atom is 0.215 e. The zero-order valence-corrected chi connectivity index (χ0v) is 14.4. The second kappa shape index (κ2) is 4.64. The molecule has 0 saturated carbocycles. The summed E-state index contributed by atoms with van der Waals surface area (Å²) in [6.45, 7) is 9.11. The largest absolute Gasteiger partial charge is 0.494 e. The van der Waals surface area contributed by atoms with E-state index < -0.39 is 0 Å². The number of fused-ring (bicyclic) bond motifs is 3. The molecule has 0 atom stereocenters. The van der Waals surface area contributed by atoms with Gasteiger partial charge in [-0.05, 0) is 57.6 Å². The Morgan fingerprint density at radius 2 is 2.13 bits per heavy atom. The number of aromatic amines is 1. The van der Waals surface area contributed by atoms with E-state index in [1.807, 2.05) is 13.0 Å². The van der Waals surface area contributed by atoms with Crippen LogP contribution in [0.4, 0.5) is 0 Å². The van der Waals surface area contributed by atoms with E-state index in [9.17, 15) is 0 Å². The Morgan fingerprint density at radius 1 is 1.35 bits per heavy atom. The van der Waals surface area contributed by atoms with Gasteiger partial charge in [0.15, 0.2) is 5.65 Å². The zero-order chi connectivity index (χ0) is 16.4. The molecular weight excluding hydrogens is 308 g/mol. The molecule has 1 aliphatic heterocycles. The third kappa shape index (κ3) is 1.94. The normalized spacial score (nSPS) is 15.9. The van der Waals surface area contributed by atoms with Crippen LogP contribution in [0.15, 0.2) is 18.2 Å². The summed E-state index contributed by atoms with van der Waals surface area (Å²) >= 11 is 5.19. The monoisotopic (exact) mass is 326 g/mol. The number of rotatable bonds is 2. The summed E-state index contributed by atoms with van der Waals surface area (Å²) < 4.78 is 8.37. The minimum atomic E-state index is -0.192. The first-order valence-electron chi connectivity index (χ1n) is 7.70. The van der Waals surface area contributed by atoms with Crippen molar-refractivity contribution >= 4 is 39.9 Å². The van der Waals surface area contributed by atoms with Crippen molar-refractivity contribution in [1.29, 1.82) is 0 Å². The van der Waals surface area contributed by atoms with Crippen molar-refractivity contribution in [3.63, 3.8) is 0 Å². The van der Waals surface area contributed by atoms with Crippen LogP contribution in [-0.4, -0.2) is 26.4 Å². The van der Waals surface area contributed by atoms with Crippen LogP contribution in [0.25, 0.3) is 27.6 Å². The Hall–Kier alpha value is -2.21. The standard InChI is InChI=1S/C17H18N4OS/c1-5-22-10-6-11-9(2)8-17(3,4)21-14(11)12(7-10)13-15(21)18-16(23)20-19-13/h6-8H,5H2,1-4H3,(H,18,20,23). The SMILES string of the molecule is CCOc1cc2c3c(c1)c1n[nH]c(=S)nc1n3C(C)(C)C=C2C. The summed E-state index contributed by atoms with van der Waals surface area (Å²) in [4.78, 5) is 4.54. The number of allylic oxidation sites excluding steroid dienone is 2. The second-order valence-electron chi connectivity index (χ2n) is 6.43. The molecule has 0 radical (unpaired) electrons. The molecule has 0 bridgehead atoms. The van der Waals surface area contributed by atoms with Gasteiger partial charge in [0.2, 0.25) is 4.77 Å². The quantitative estimate of drug-likeness (QED) is 0.717. The van der Waals surface area contributed by atoms with E-state index in [2.05, 4.69) is 52.7 Å². The Bertz CT molecular complexity index is 1040. The molecule has 0 spiro atoms. The van der Waals surface area contributed by atoms with Crippen molar-refractivity contribution in [2.24, 2.45) is 0 Å². The highest BCUT2D eigenvalue weighted by atomic mass is 32.1. The summed E-state index contributed by atoms with van der Waals surface area (Å²) in [5, 5.41) is 8.31. The maximum absolute atomic E-state index is 5.75. The number of nitrogens with zero attached hydrogens (tertiary/aromatic N) is 3. The average Bonchev–Trinajstić information content (AvgIpc) is 2.79. The van der Waals surface area contributed by atoms with Crippen molar-refractivity contribution in [2.45, 2.75) is 33.2 Å². The Balaban J connectivity index is 2.26. The predicted molar refractivity (Wildman–Crippen MR) is 94.4 cm³/mol. The lowest BCUT2D eigenvalue weighted by Gasteiger charge is -2.31. The van der Waals surface area contributed by atoms with Crippen LogP contribution in [0.2, 0.25) is 0 Å². The van der Waals surface area contributed by atoms with Crippen LogP contribution in [-0.2, 0) is 5.54 Å². The molecule has 6 heteroatoms. The van der Waals surface area contributed by atoms with Gasteiger partial charge in [-0.2, -0.15) is 10.1 Å². The number of H-pyrrole nitrogens is 1. The van der Waals surface area contributed by atoms with Crippen LogP contribution in [0.5, 0.6) is 5.75 Å². The van der Waals surface area contributed by atoms with E-state index in [1.54, 1.807) is 0 Å². The maximum atomic E-state index is 5.75. The fourth-order valence-corrected chi connectivity index (χ4v) is 3.72. The van der Waals surface area contributed by atoms with E-state index in [4.69, 9.17) is 17.0 Å². The molecule has 0 saturated heterocycles. The number of aromatic nitrogens is 4. The molecule has 23 heavy (non-hydrogen) atoms. The molecule has 0 fully saturated rings. The van der Waals surface area contributed by atoms with Crippen molar-refractivity contribution in [2.75, 3.05) is 6.61 Å². The van der Waals surface area contributed by atoms with Gasteiger partial charge >= 0.3 is 0 Å². The number of hydrogen-bond acceptors (Lipinski definition) is 4. The Morgan fingerprint density at radius 3 is 2.87 bits per heavy atom. The summed E-state index contributed by atoms with van der Waals surface area (Å²) in [6.07, 6.45) is 2.26. The predicted octanol–water partition coefficient (Wildman–Crippen LogP) is 4.19. The summed E-state index contributed by atoms with van der Waals surface area (Å²) in [6, 6.07) is 4.14. The van der Waals surface area contributed by atoms with Crippen molar-refractivity contribution < 1.29 is 4.74 Å². The minimum absolute atomic E-state index is 0.192. The van der Waals surface area contributed by atoms with Gasteiger partial charge in [-0.1, -0.05) is 6.08 Å². The van der Waals surface area contributed by atoms with Gasteiger partial charge in [0, 0.05) is 10.9 Å². The molecule has 0 amide bonds. The number of nitrogens with one attached hydrogen (secondary N) is 1. The van der Waals surface area contributed by atoms with Gasteiger partial charge in [-0.15, -0.1) is 0 Å². The van der Waals surface area contributed by atoms with Crippen LogP contribution < -0.4 is 4.74 Å². The average molecular weight is 326 g/mol. The van der Waals surface area contributed by atoms with E-state index in [0.29, 0.717) is 11.4 Å². The molecule has 3 heterocycles. The molecule has 2 aromatic heterocycles. The fourth-order valence-electron chi connectivity index (χ4n) is 3.58. The summed E-state index contributed by atoms with van der Waals surface area (Å²) in [5.41, 5.74) is 4.99. The third-order valence-electron chi connectivity index (χ3n) is 4.34. The molecule has 1 aliphatic rings. The topological polar surface area (TPSA) is 55.7 Å². The lowest BCUT2D eigenvalue weighted by molar-refractivity contribution is 0.340. The smallest absolute Gasteiger partial charge is 0.215 e. The van der Waals surface area contributed by atoms with E-state index in [0.717, 1.165) is 33.4 Å².